The molecule has 0 N–H and O–H groups in total. The van der Waals surface area contributed by atoms with Crippen molar-refractivity contribution in [3.05, 3.63) is 28.5 Å². The normalized spacial score (nSPS) is 15.1. The molecule has 0 atom stereocenters. The minimum Gasteiger partial charge on any atom is -0.492 e. The van der Waals surface area contributed by atoms with Crippen molar-refractivity contribution in [3.63, 3.8) is 0 Å². The Morgan fingerprint density at radius 2 is 2.23 bits per heavy atom. The van der Waals surface area contributed by atoms with E-state index in [2.05, 4.69) is 0 Å². The van der Waals surface area contributed by atoms with Crippen LogP contribution in [0, 0.1) is 5.82 Å². The molecule has 0 saturated carbocycles. The molecule has 0 fully saturated rings. The van der Waals surface area contributed by atoms with E-state index in [1.165, 1.54) is 6.07 Å². The highest BCUT2D eigenvalue weighted by Gasteiger charge is 2.22. The molecule has 0 aromatic heterocycles. The second-order valence-electron chi connectivity index (χ2n) is 2.78. The van der Waals surface area contributed by atoms with Crippen LogP contribution in [0.25, 0.3) is 0 Å². The van der Waals surface area contributed by atoms with Crippen LogP contribution in [-0.2, 0) is 0 Å². The number of hydrogen-bond donors (Lipinski definition) is 0. The number of rotatable bonds is 0. The van der Waals surface area contributed by atoms with E-state index in [9.17, 15) is 9.18 Å². The smallest absolute Gasteiger partial charge is 0.171 e. The van der Waals surface area contributed by atoms with Gasteiger partial charge >= 0.3 is 0 Å². The Hall–Kier alpha value is -1.09. The van der Waals surface area contributed by atoms with Crippen LogP contribution in [0.5, 0.6) is 5.75 Å². The number of hydrogen-bond acceptors (Lipinski definition) is 2. The van der Waals surface area contributed by atoms with Gasteiger partial charge in [-0.25, -0.2) is 4.39 Å². The molecule has 0 bridgehead atoms. The third-order valence-corrected chi connectivity index (χ3v) is 2.18. The van der Waals surface area contributed by atoms with Gasteiger partial charge in [0.25, 0.3) is 0 Å². The predicted octanol–water partition coefficient (Wildman–Crippen LogP) is 2.44. The fourth-order valence-corrected chi connectivity index (χ4v) is 1.62. The van der Waals surface area contributed by atoms with Crippen LogP contribution in [0.1, 0.15) is 16.8 Å². The third-order valence-electron chi connectivity index (χ3n) is 1.88. The Labute approximate surface area is 79.3 Å². The van der Waals surface area contributed by atoms with Crippen LogP contribution in [-0.4, -0.2) is 12.4 Å². The monoisotopic (exact) mass is 200 g/mol. The maximum Gasteiger partial charge on any atom is 0.171 e. The van der Waals surface area contributed by atoms with Crippen LogP contribution in [0.3, 0.4) is 0 Å². The molecule has 1 aromatic carbocycles. The number of carbonyl (C=O) groups excluding carboxylic acids is 1. The Balaban J connectivity index is 2.63. The summed E-state index contributed by atoms with van der Waals surface area (Å²) in [5.41, 5.74) is 0.300. The lowest BCUT2D eigenvalue weighted by molar-refractivity contribution is 0.0933. The molecule has 1 aromatic rings. The van der Waals surface area contributed by atoms with Gasteiger partial charge in [-0.2, -0.15) is 0 Å². The second kappa shape index (κ2) is 3.00. The van der Waals surface area contributed by atoms with Crippen molar-refractivity contribution in [2.45, 2.75) is 6.42 Å². The van der Waals surface area contributed by atoms with Gasteiger partial charge < -0.3 is 4.74 Å². The SMILES string of the molecule is O=C1CCOc2cc(F)cc(Cl)c21. The Bertz CT molecular complexity index is 376. The van der Waals surface area contributed by atoms with Crippen molar-refractivity contribution in [2.75, 3.05) is 6.61 Å². The predicted molar refractivity (Wildman–Crippen MR) is 45.9 cm³/mol. The summed E-state index contributed by atoms with van der Waals surface area (Å²) in [7, 11) is 0. The maximum absolute atomic E-state index is 12.8. The van der Waals surface area contributed by atoms with E-state index >= 15 is 0 Å². The molecule has 0 radical (unpaired) electrons. The molecule has 1 heterocycles. The summed E-state index contributed by atoms with van der Waals surface area (Å²) in [6.07, 6.45) is 0.304. The molecule has 4 heteroatoms. The van der Waals surface area contributed by atoms with E-state index in [4.69, 9.17) is 16.3 Å². The largest absolute Gasteiger partial charge is 0.492 e. The molecule has 68 valence electrons. The number of fused-ring (bicyclic) bond motifs is 1. The number of Topliss-reactive ketones (excluding diaryl/α,β-unsaturated/α-hetero) is 1. The van der Waals surface area contributed by atoms with Crippen LogP contribution in [0.4, 0.5) is 4.39 Å². The van der Waals surface area contributed by atoms with Crippen molar-refractivity contribution in [3.8, 4) is 5.75 Å². The van der Waals surface area contributed by atoms with Gasteiger partial charge in [0, 0.05) is 12.5 Å². The van der Waals surface area contributed by atoms with E-state index in [1.807, 2.05) is 0 Å². The van der Waals surface area contributed by atoms with Crippen molar-refractivity contribution in [2.24, 2.45) is 0 Å². The molecule has 0 spiro atoms. The van der Waals surface area contributed by atoms with Crippen molar-refractivity contribution >= 4 is 17.4 Å². The van der Waals surface area contributed by atoms with Gasteiger partial charge in [0.1, 0.15) is 11.6 Å². The average Bonchev–Trinajstić information content (AvgIpc) is 2.02. The first-order chi connectivity index (χ1) is 6.18. The lowest BCUT2D eigenvalue weighted by Gasteiger charge is -2.16. The molecule has 1 aliphatic heterocycles. The minimum absolute atomic E-state index is 0.0914. The first-order valence-corrected chi connectivity index (χ1v) is 4.21. The molecular formula is C9H6ClFO2. The van der Waals surface area contributed by atoms with Gasteiger partial charge in [0.05, 0.1) is 17.2 Å². The lowest BCUT2D eigenvalue weighted by atomic mass is 10.1. The van der Waals surface area contributed by atoms with E-state index in [-0.39, 0.29) is 16.6 Å². The molecule has 2 nitrogen and oxygen atoms in total. The van der Waals surface area contributed by atoms with E-state index in [1.54, 1.807) is 0 Å². The van der Waals surface area contributed by atoms with Gasteiger partial charge in [-0.05, 0) is 6.07 Å². The second-order valence-corrected chi connectivity index (χ2v) is 3.19. The Morgan fingerprint density at radius 1 is 1.46 bits per heavy atom. The van der Waals surface area contributed by atoms with Gasteiger partial charge in [0.2, 0.25) is 0 Å². The van der Waals surface area contributed by atoms with Crippen LogP contribution < -0.4 is 4.74 Å². The number of ketones is 1. The number of carbonyl (C=O) groups is 1. The zero-order valence-corrected chi connectivity index (χ0v) is 7.40. The van der Waals surface area contributed by atoms with Gasteiger partial charge in [-0.3, -0.25) is 4.79 Å². The minimum atomic E-state index is -0.488. The molecule has 0 unspecified atom stereocenters. The molecule has 1 aliphatic rings. The maximum atomic E-state index is 12.8. The molecule has 0 amide bonds. The average molecular weight is 201 g/mol. The molecule has 13 heavy (non-hydrogen) atoms. The summed E-state index contributed by atoms with van der Waals surface area (Å²) < 4.78 is 17.9. The fourth-order valence-electron chi connectivity index (χ4n) is 1.31. The Morgan fingerprint density at radius 3 is 3.00 bits per heavy atom. The summed E-state index contributed by atoms with van der Waals surface area (Å²) in [6.45, 7) is 0.297. The van der Waals surface area contributed by atoms with Gasteiger partial charge in [-0.1, -0.05) is 11.6 Å². The van der Waals surface area contributed by atoms with Crippen LogP contribution in [0.2, 0.25) is 5.02 Å². The first kappa shape index (κ1) is 8.51. The number of benzene rings is 1. The quantitative estimate of drug-likeness (QED) is 0.643. The zero-order chi connectivity index (χ0) is 9.42. The third kappa shape index (κ3) is 1.40. The molecular weight excluding hydrogens is 195 g/mol. The first-order valence-electron chi connectivity index (χ1n) is 3.83. The highest BCUT2D eigenvalue weighted by molar-refractivity contribution is 6.34. The van der Waals surface area contributed by atoms with E-state index in [0.29, 0.717) is 18.6 Å². The standard InChI is InChI=1S/C9H6ClFO2/c10-6-3-5(11)4-8-9(6)7(12)1-2-13-8/h3-4H,1-2H2. The summed E-state index contributed by atoms with van der Waals surface area (Å²) in [6, 6.07) is 2.30. The molecule has 0 saturated heterocycles. The fraction of sp³-hybridized carbons (Fsp3) is 0.222. The van der Waals surface area contributed by atoms with E-state index < -0.39 is 5.82 Å². The summed E-state index contributed by atoms with van der Waals surface area (Å²) in [5.74, 6) is -0.328. The lowest BCUT2D eigenvalue weighted by Crippen LogP contribution is -2.15. The highest BCUT2D eigenvalue weighted by atomic mass is 35.5. The Kier molecular flexibility index (Phi) is 1.96. The summed E-state index contributed by atoms with van der Waals surface area (Å²) >= 11 is 5.70. The molecule has 2 rings (SSSR count). The number of halogens is 2. The van der Waals surface area contributed by atoms with Crippen molar-refractivity contribution in [1.82, 2.24) is 0 Å². The van der Waals surface area contributed by atoms with Gasteiger partial charge in [-0.15, -0.1) is 0 Å². The number of ether oxygens (including phenoxy) is 1. The topological polar surface area (TPSA) is 26.3 Å². The van der Waals surface area contributed by atoms with Crippen molar-refractivity contribution in [1.29, 1.82) is 0 Å². The van der Waals surface area contributed by atoms with Crippen molar-refractivity contribution < 1.29 is 13.9 Å². The van der Waals surface area contributed by atoms with Crippen LogP contribution in [0.15, 0.2) is 12.1 Å². The molecule has 0 aliphatic carbocycles. The van der Waals surface area contributed by atoms with E-state index in [0.717, 1.165) is 6.07 Å². The van der Waals surface area contributed by atoms with Crippen LogP contribution >= 0.6 is 11.6 Å². The zero-order valence-electron chi connectivity index (χ0n) is 6.64. The van der Waals surface area contributed by atoms with Gasteiger partial charge in [0.15, 0.2) is 5.78 Å². The summed E-state index contributed by atoms with van der Waals surface area (Å²) in [5, 5.41) is 0.125. The highest BCUT2D eigenvalue weighted by Crippen LogP contribution is 2.31. The summed E-state index contributed by atoms with van der Waals surface area (Å²) in [4.78, 5) is 11.3.